The third-order valence-electron chi connectivity index (χ3n) is 3.74. The first kappa shape index (κ1) is 14.5. The van der Waals surface area contributed by atoms with E-state index in [1.54, 1.807) is 13.0 Å². The van der Waals surface area contributed by atoms with Crippen molar-refractivity contribution >= 4 is 11.6 Å². The molecule has 108 valence electrons. The Bertz CT molecular complexity index is 530. The van der Waals surface area contributed by atoms with Crippen molar-refractivity contribution in [3.8, 4) is 0 Å². The molecule has 1 fully saturated rings. The first-order valence-corrected chi connectivity index (χ1v) is 6.70. The lowest BCUT2D eigenvalue weighted by molar-refractivity contribution is -0.385. The highest BCUT2D eigenvalue weighted by atomic mass is 16.6. The second kappa shape index (κ2) is 6.00. The van der Waals surface area contributed by atoms with Gasteiger partial charge in [0.2, 0.25) is 0 Å². The van der Waals surface area contributed by atoms with Crippen LogP contribution in [0.4, 0.5) is 5.69 Å². The molecule has 6 nitrogen and oxygen atoms in total. The van der Waals surface area contributed by atoms with Crippen LogP contribution < -0.4 is 5.32 Å². The molecule has 0 aliphatic heterocycles. The minimum Gasteiger partial charge on any atom is -0.393 e. The van der Waals surface area contributed by atoms with Gasteiger partial charge in [0.25, 0.3) is 11.6 Å². The normalized spacial score (nSPS) is 21.7. The summed E-state index contributed by atoms with van der Waals surface area (Å²) in [4.78, 5) is 22.5. The number of aliphatic hydroxyl groups excluding tert-OH is 1. The Morgan fingerprint density at radius 2 is 2.25 bits per heavy atom. The van der Waals surface area contributed by atoms with E-state index in [9.17, 15) is 20.0 Å². The zero-order chi connectivity index (χ0) is 14.7. The van der Waals surface area contributed by atoms with Crippen LogP contribution in [0.5, 0.6) is 0 Å². The van der Waals surface area contributed by atoms with Crippen molar-refractivity contribution in [2.45, 2.75) is 32.3 Å². The van der Waals surface area contributed by atoms with E-state index in [4.69, 9.17) is 0 Å². The maximum Gasteiger partial charge on any atom is 0.282 e. The predicted molar refractivity (Wildman–Crippen MR) is 73.5 cm³/mol. The van der Waals surface area contributed by atoms with Gasteiger partial charge in [-0.2, -0.15) is 0 Å². The largest absolute Gasteiger partial charge is 0.393 e. The maximum atomic E-state index is 12.1. The molecule has 1 aliphatic rings. The van der Waals surface area contributed by atoms with Crippen LogP contribution in [0.1, 0.15) is 35.2 Å². The summed E-state index contributed by atoms with van der Waals surface area (Å²) in [6.45, 7) is 2.13. The Morgan fingerprint density at radius 1 is 1.50 bits per heavy atom. The van der Waals surface area contributed by atoms with E-state index < -0.39 is 10.8 Å². The first-order valence-electron chi connectivity index (χ1n) is 6.70. The van der Waals surface area contributed by atoms with Crippen LogP contribution in [-0.4, -0.2) is 28.6 Å². The summed E-state index contributed by atoms with van der Waals surface area (Å²) in [5.74, 6) is -0.415. The molecule has 6 heteroatoms. The van der Waals surface area contributed by atoms with Gasteiger partial charge in [0, 0.05) is 18.5 Å². The molecule has 2 rings (SSSR count). The quantitative estimate of drug-likeness (QED) is 0.648. The van der Waals surface area contributed by atoms with Gasteiger partial charge in [0.15, 0.2) is 0 Å². The van der Waals surface area contributed by atoms with E-state index in [1.807, 2.05) is 0 Å². The lowest BCUT2D eigenvalue weighted by Gasteiger charge is -2.15. The molecule has 1 aromatic rings. The van der Waals surface area contributed by atoms with Crippen molar-refractivity contribution in [1.29, 1.82) is 0 Å². The molecule has 2 atom stereocenters. The van der Waals surface area contributed by atoms with E-state index in [2.05, 4.69) is 5.32 Å². The molecular formula is C14H18N2O4. The Hall–Kier alpha value is -1.95. The monoisotopic (exact) mass is 278 g/mol. The number of hydrogen-bond donors (Lipinski definition) is 2. The highest BCUT2D eigenvalue weighted by Gasteiger charge is 2.26. The van der Waals surface area contributed by atoms with Crippen LogP contribution in [0.3, 0.4) is 0 Å². The number of benzene rings is 1. The van der Waals surface area contributed by atoms with Gasteiger partial charge in [-0.3, -0.25) is 14.9 Å². The number of aryl methyl sites for hydroxylation is 1. The zero-order valence-corrected chi connectivity index (χ0v) is 11.3. The predicted octanol–water partition coefficient (Wildman–Crippen LogP) is 1.79. The van der Waals surface area contributed by atoms with Crippen LogP contribution in [0, 0.1) is 23.0 Å². The number of carbonyl (C=O) groups excluding carboxylic acids is 1. The fourth-order valence-electron chi connectivity index (χ4n) is 2.57. The number of nitrogens with zero attached hydrogens (tertiary/aromatic N) is 1. The van der Waals surface area contributed by atoms with Crippen LogP contribution in [-0.2, 0) is 0 Å². The van der Waals surface area contributed by atoms with Crippen LogP contribution in [0.25, 0.3) is 0 Å². The smallest absolute Gasteiger partial charge is 0.282 e. The summed E-state index contributed by atoms with van der Waals surface area (Å²) < 4.78 is 0. The van der Waals surface area contributed by atoms with Crippen molar-refractivity contribution in [3.05, 3.63) is 39.4 Å². The average Bonchev–Trinajstić information content (AvgIpc) is 2.81. The number of aliphatic hydroxyl groups is 1. The minimum absolute atomic E-state index is 0.0443. The van der Waals surface area contributed by atoms with Crippen LogP contribution >= 0.6 is 0 Å². The molecule has 0 radical (unpaired) electrons. The molecule has 0 aromatic heterocycles. The molecule has 20 heavy (non-hydrogen) atoms. The second-order valence-corrected chi connectivity index (χ2v) is 5.25. The molecule has 0 spiro atoms. The standard InChI is InChI=1S/C14H18N2O4/c1-9-5-6-12(16(19)20)11(7-9)14(18)15-8-10-3-2-4-13(10)17/h5-7,10,13,17H,2-4,8H2,1H3,(H,15,18). The summed E-state index contributed by atoms with van der Waals surface area (Å²) in [5.41, 5.74) is 0.671. The molecule has 1 amide bonds. The lowest BCUT2D eigenvalue weighted by Crippen LogP contribution is -2.32. The van der Waals surface area contributed by atoms with Gasteiger partial charge in [-0.15, -0.1) is 0 Å². The first-order chi connectivity index (χ1) is 9.49. The van der Waals surface area contributed by atoms with Crippen LogP contribution in [0.2, 0.25) is 0 Å². The molecular weight excluding hydrogens is 260 g/mol. The summed E-state index contributed by atoms with van der Waals surface area (Å²) in [7, 11) is 0. The number of nitro groups is 1. The molecule has 1 aliphatic carbocycles. The van der Waals surface area contributed by atoms with Crippen molar-refractivity contribution in [1.82, 2.24) is 5.32 Å². The molecule has 0 saturated heterocycles. The Morgan fingerprint density at radius 3 is 2.85 bits per heavy atom. The van der Waals surface area contributed by atoms with Crippen molar-refractivity contribution in [2.75, 3.05) is 6.54 Å². The highest BCUT2D eigenvalue weighted by Crippen LogP contribution is 2.25. The molecule has 1 saturated carbocycles. The van der Waals surface area contributed by atoms with Gasteiger partial charge in [0.1, 0.15) is 5.56 Å². The molecule has 1 aromatic carbocycles. The molecule has 2 unspecified atom stereocenters. The number of amides is 1. The van der Waals surface area contributed by atoms with E-state index in [0.717, 1.165) is 24.8 Å². The molecule has 0 heterocycles. The van der Waals surface area contributed by atoms with Gasteiger partial charge in [-0.1, -0.05) is 12.5 Å². The topological polar surface area (TPSA) is 92.5 Å². The number of hydrogen-bond acceptors (Lipinski definition) is 4. The fraction of sp³-hybridized carbons (Fsp3) is 0.500. The van der Waals surface area contributed by atoms with E-state index >= 15 is 0 Å². The van der Waals surface area contributed by atoms with E-state index in [-0.39, 0.29) is 23.3 Å². The van der Waals surface area contributed by atoms with Gasteiger partial charge in [0.05, 0.1) is 11.0 Å². The SMILES string of the molecule is Cc1ccc([N+](=O)[O-])c(C(=O)NCC2CCCC2O)c1. The van der Waals surface area contributed by atoms with Crippen LogP contribution in [0.15, 0.2) is 18.2 Å². The molecule has 2 N–H and O–H groups in total. The summed E-state index contributed by atoms with van der Waals surface area (Å²) in [6, 6.07) is 4.46. The second-order valence-electron chi connectivity index (χ2n) is 5.25. The number of nitro benzene ring substituents is 1. The van der Waals surface area contributed by atoms with Gasteiger partial charge in [-0.25, -0.2) is 0 Å². The van der Waals surface area contributed by atoms with Crippen molar-refractivity contribution < 1.29 is 14.8 Å². The summed E-state index contributed by atoms with van der Waals surface area (Å²) in [5, 5.41) is 23.3. The van der Waals surface area contributed by atoms with E-state index in [1.165, 1.54) is 12.1 Å². The third kappa shape index (κ3) is 3.14. The Labute approximate surface area is 117 Å². The number of rotatable bonds is 4. The fourth-order valence-corrected chi connectivity index (χ4v) is 2.57. The third-order valence-corrected chi connectivity index (χ3v) is 3.74. The maximum absolute atomic E-state index is 12.1. The highest BCUT2D eigenvalue weighted by molar-refractivity contribution is 5.98. The van der Waals surface area contributed by atoms with Gasteiger partial charge < -0.3 is 10.4 Å². The molecule has 0 bridgehead atoms. The lowest BCUT2D eigenvalue weighted by atomic mass is 10.1. The number of nitrogens with one attached hydrogen (secondary N) is 1. The average molecular weight is 278 g/mol. The number of carbonyl (C=O) groups is 1. The Kier molecular flexibility index (Phi) is 4.34. The van der Waals surface area contributed by atoms with Gasteiger partial charge in [-0.05, 0) is 31.4 Å². The summed E-state index contributed by atoms with van der Waals surface area (Å²) >= 11 is 0. The van der Waals surface area contributed by atoms with E-state index in [0.29, 0.717) is 6.54 Å². The minimum atomic E-state index is -0.557. The zero-order valence-electron chi connectivity index (χ0n) is 11.3. The summed E-state index contributed by atoms with van der Waals surface area (Å²) in [6.07, 6.45) is 2.19. The Balaban J connectivity index is 2.08. The van der Waals surface area contributed by atoms with Crippen molar-refractivity contribution in [2.24, 2.45) is 5.92 Å². The van der Waals surface area contributed by atoms with Gasteiger partial charge >= 0.3 is 0 Å². The van der Waals surface area contributed by atoms with Crippen molar-refractivity contribution in [3.63, 3.8) is 0 Å².